The molecule has 1 aliphatic carbocycles. The molecule has 1 aliphatic heterocycles. The van der Waals surface area contributed by atoms with Crippen LogP contribution in [0.1, 0.15) is 54.1 Å². The third-order valence-corrected chi connectivity index (χ3v) is 6.37. The maximum Gasteiger partial charge on any atom is 0.225 e. The fraction of sp³-hybridized carbons (Fsp3) is 0.722. The minimum Gasteiger partial charge on any atom is -0.356 e. The van der Waals surface area contributed by atoms with Gasteiger partial charge in [-0.15, -0.1) is 11.3 Å². The minimum atomic E-state index is -0.164. The molecule has 2 amide bonds. The number of amides is 2. The van der Waals surface area contributed by atoms with Crippen LogP contribution in [0.5, 0.6) is 0 Å². The summed E-state index contributed by atoms with van der Waals surface area (Å²) in [5, 5.41) is 4.15. The van der Waals surface area contributed by atoms with Crippen LogP contribution in [0.2, 0.25) is 0 Å². The maximum atomic E-state index is 12.3. The first-order chi connectivity index (χ1) is 11.5. The van der Waals surface area contributed by atoms with E-state index in [0.29, 0.717) is 25.6 Å². The van der Waals surface area contributed by atoms with Crippen LogP contribution < -0.4 is 5.32 Å². The molecule has 1 aromatic rings. The molecule has 0 aromatic carbocycles. The van der Waals surface area contributed by atoms with Gasteiger partial charge in [-0.3, -0.25) is 9.59 Å². The monoisotopic (exact) mass is 349 g/mol. The number of nitrogens with zero attached hydrogens (tertiary/aromatic N) is 2. The number of thiazole rings is 1. The topological polar surface area (TPSA) is 62.3 Å². The largest absolute Gasteiger partial charge is 0.356 e. The molecule has 3 rings (SSSR count). The number of likely N-dealkylation sites (tertiary alicyclic amines) is 1. The van der Waals surface area contributed by atoms with Gasteiger partial charge in [-0.1, -0.05) is 12.8 Å². The molecule has 1 N–H and O–H groups in total. The van der Waals surface area contributed by atoms with E-state index < -0.39 is 0 Å². The first-order valence-corrected chi connectivity index (χ1v) is 9.86. The van der Waals surface area contributed by atoms with Crippen molar-refractivity contribution >= 4 is 23.2 Å². The van der Waals surface area contributed by atoms with Gasteiger partial charge in [-0.25, -0.2) is 4.98 Å². The zero-order valence-corrected chi connectivity index (χ0v) is 15.5. The average Bonchev–Trinajstić information content (AvgIpc) is 3.25. The second-order valence-corrected chi connectivity index (χ2v) is 8.32. The van der Waals surface area contributed by atoms with Gasteiger partial charge in [0.25, 0.3) is 0 Å². The van der Waals surface area contributed by atoms with Gasteiger partial charge < -0.3 is 10.2 Å². The van der Waals surface area contributed by atoms with Crippen LogP contribution in [-0.2, 0) is 16.0 Å². The van der Waals surface area contributed by atoms with Crippen molar-refractivity contribution in [1.82, 2.24) is 15.2 Å². The van der Waals surface area contributed by atoms with Crippen LogP contribution in [0.25, 0.3) is 0 Å². The Balaban J connectivity index is 1.40. The zero-order chi connectivity index (χ0) is 17.1. The summed E-state index contributed by atoms with van der Waals surface area (Å²) in [5.74, 6) is 0.0357. The van der Waals surface area contributed by atoms with Crippen molar-refractivity contribution < 1.29 is 9.59 Å². The summed E-state index contributed by atoms with van der Waals surface area (Å²) in [7, 11) is 0. The number of carbonyl (C=O) groups is 2. The Morgan fingerprint density at radius 2 is 2.08 bits per heavy atom. The Labute approximate surface area is 147 Å². The van der Waals surface area contributed by atoms with E-state index in [0.717, 1.165) is 36.4 Å². The normalized spacial score (nSPS) is 21.7. The predicted molar refractivity (Wildman–Crippen MR) is 95.0 cm³/mol. The third-order valence-electron chi connectivity index (χ3n) is 5.23. The van der Waals surface area contributed by atoms with Gasteiger partial charge in [0.05, 0.1) is 16.6 Å². The molecule has 2 heterocycles. The summed E-state index contributed by atoms with van der Waals surface area (Å²) in [6, 6.07) is 0.381. The van der Waals surface area contributed by atoms with Gasteiger partial charge in [0.2, 0.25) is 11.8 Å². The van der Waals surface area contributed by atoms with E-state index in [9.17, 15) is 9.59 Å². The fourth-order valence-corrected chi connectivity index (χ4v) is 4.69. The summed E-state index contributed by atoms with van der Waals surface area (Å²) in [5.41, 5.74) is 1.11. The number of hydrogen-bond acceptors (Lipinski definition) is 4. The van der Waals surface area contributed by atoms with Gasteiger partial charge >= 0.3 is 0 Å². The molecule has 1 aromatic heterocycles. The summed E-state index contributed by atoms with van der Waals surface area (Å²) in [6.45, 7) is 5.39. The van der Waals surface area contributed by atoms with Gasteiger partial charge in [0, 0.05) is 36.9 Å². The van der Waals surface area contributed by atoms with Crippen LogP contribution in [0, 0.1) is 19.8 Å². The summed E-state index contributed by atoms with van der Waals surface area (Å²) in [6.07, 6.45) is 6.80. The van der Waals surface area contributed by atoms with Crippen LogP contribution in [-0.4, -0.2) is 40.8 Å². The Bertz CT molecular complexity index is 588. The number of nitrogens with one attached hydrogen (secondary N) is 1. The van der Waals surface area contributed by atoms with Gasteiger partial charge in [0.1, 0.15) is 0 Å². The maximum absolute atomic E-state index is 12.3. The second kappa shape index (κ2) is 7.64. The van der Waals surface area contributed by atoms with Crippen LogP contribution in [0.3, 0.4) is 0 Å². The highest BCUT2D eigenvalue weighted by Gasteiger charge is 2.38. The van der Waals surface area contributed by atoms with E-state index in [4.69, 9.17) is 0 Å². The number of carbonyl (C=O) groups excluding carboxylic acids is 2. The molecule has 0 spiro atoms. The van der Waals surface area contributed by atoms with E-state index >= 15 is 0 Å². The lowest BCUT2D eigenvalue weighted by Crippen LogP contribution is -2.37. The van der Waals surface area contributed by atoms with Crippen molar-refractivity contribution in [2.45, 2.75) is 64.8 Å². The predicted octanol–water partition coefficient (Wildman–Crippen LogP) is 2.60. The molecule has 1 unspecified atom stereocenters. The molecular formula is C18H27N3O2S. The molecule has 132 valence electrons. The van der Waals surface area contributed by atoms with E-state index in [1.54, 1.807) is 11.3 Å². The molecule has 1 atom stereocenters. The van der Waals surface area contributed by atoms with Gasteiger partial charge in [0.15, 0.2) is 0 Å². The average molecular weight is 350 g/mol. The van der Waals surface area contributed by atoms with Gasteiger partial charge in [-0.05, 0) is 33.1 Å². The fourth-order valence-electron chi connectivity index (χ4n) is 3.72. The second-order valence-electron chi connectivity index (χ2n) is 7.03. The Morgan fingerprint density at radius 3 is 2.75 bits per heavy atom. The first kappa shape index (κ1) is 17.4. The first-order valence-electron chi connectivity index (χ1n) is 9.04. The Hall–Kier alpha value is -1.43. The Morgan fingerprint density at radius 1 is 1.33 bits per heavy atom. The van der Waals surface area contributed by atoms with Crippen molar-refractivity contribution in [2.75, 3.05) is 13.1 Å². The summed E-state index contributed by atoms with van der Waals surface area (Å²) < 4.78 is 0. The molecule has 24 heavy (non-hydrogen) atoms. The number of hydrogen-bond donors (Lipinski definition) is 1. The zero-order valence-electron chi connectivity index (χ0n) is 14.6. The van der Waals surface area contributed by atoms with Crippen molar-refractivity contribution in [1.29, 1.82) is 0 Å². The van der Waals surface area contributed by atoms with Crippen molar-refractivity contribution in [3.05, 3.63) is 15.6 Å². The smallest absolute Gasteiger partial charge is 0.225 e. The van der Waals surface area contributed by atoms with Crippen LogP contribution in [0.15, 0.2) is 0 Å². The lowest BCUT2D eigenvalue weighted by molar-refractivity contribution is -0.130. The number of aromatic nitrogens is 1. The molecular weight excluding hydrogens is 322 g/mol. The SMILES string of the molecule is Cc1nc(CCCNC(=O)C2CC(=O)N(C3CCCC3)C2)sc1C. The molecule has 1 saturated heterocycles. The van der Waals surface area contributed by atoms with E-state index in [1.165, 1.54) is 17.7 Å². The highest BCUT2D eigenvalue weighted by atomic mass is 32.1. The minimum absolute atomic E-state index is 0.0374. The molecule has 6 heteroatoms. The quantitative estimate of drug-likeness (QED) is 0.803. The van der Waals surface area contributed by atoms with Gasteiger partial charge in [-0.2, -0.15) is 0 Å². The number of aryl methyl sites for hydroxylation is 3. The molecule has 0 radical (unpaired) electrons. The molecule has 0 bridgehead atoms. The molecule has 2 fully saturated rings. The lowest BCUT2D eigenvalue weighted by atomic mass is 10.1. The van der Waals surface area contributed by atoms with Crippen molar-refractivity contribution in [3.8, 4) is 0 Å². The van der Waals surface area contributed by atoms with E-state index in [2.05, 4.69) is 17.2 Å². The molecule has 1 saturated carbocycles. The third kappa shape index (κ3) is 3.97. The van der Waals surface area contributed by atoms with Crippen molar-refractivity contribution in [2.24, 2.45) is 5.92 Å². The van der Waals surface area contributed by atoms with E-state index in [-0.39, 0.29) is 17.7 Å². The van der Waals surface area contributed by atoms with Crippen LogP contribution in [0.4, 0.5) is 0 Å². The van der Waals surface area contributed by atoms with E-state index in [1.807, 2.05) is 11.8 Å². The Kier molecular flexibility index (Phi) is 5.54. The van der Waals surface area contributed by atoms with Crippen LogP contribution >= 0.6 is 11.3 Å². The lowest BCUT2D eigenvalue weighted by Gasteiger charge is -2.23. The number of rotatable bonds is 6. The summed E-state index contributed by atoms with van der Waals surface area (Å²) in [4.78, 5) is 32.2. The summed E-state index contributed by atoms with van der Waals surface area (Å²) >= 11 is 1.74. The highest BCUT2D eigenvalue weighted by Crippen LogP contribution is 2.29. The molecule has 5 nitrogen and oxygen atoms in total. The highest BCUT2D eigenvalue weighted by molar-refractivity contribution is 7.11. The standard InChI is InChI=1S/C18H27N3O2S/c1-12-13(2)24-16(20-12)8-5-9-19-18(23)14-10-17(22)21(11-14)15-6-3-4-7-15/h14-15H,3-11H2,1-2H3,(H,19,23). The van der Waals surface area contributed by atoms with Crippen molar-refractivity contribution in [3.63, 3.8) is 0 Å². The molecule has 2 aliphatic rings.